The van der Waals surface area contributed by atoms with E-state index in [0.717, 1.165) is 55.9 Å². The number of ether oxygens (including phenoxy) is 1. The lowest BCUT2D eigenvalue weighted by atomic mass is 9.97. The fourth-order valence-corrected chi connectivity index (χ4v) is 4.47. The molecule has 1 saturated heterocycles. The monoisotopic (exact) mass is 401 g/mol. The number of nitrogens with zero attached hydrogens (tertiary/aromatic N) is 1. The number of rotatable bonds is 7. The van der Waals surface area contributed by atoms with Gasteiger partial charge in [-0.3, -0.25) is 4.90 Å². The van der Waals surface area contributed by atoms with Crippen LogP contribution < -0.4 is 15.4 Å². The predicted molar refractivity (Wildman–Crippen MR) is 115 cm³/mol. The van der Waals surface area contributed by atoms with Crippen molar-refractivity contribution in [3.63, 3.8) is 0 Å². The Morgan fingerprint density at radius 3 is 2.79 bits per heavy atom. The number of carbonyl (C=O) groups is 1. The number of amides is 2. The van der Waals surface area contributed by atoms with Gasteiger partial charge in [0.25, 0.3) is 0 Å². The molecule has 0 spiro atoms. The minimum Gasteiger partial charge on any atom is -0.496 e. The highest BCUT2D eigenvalue weighted by Gasteiger charge is 2.21. The molecule has 1 aromatic carbocycles. The van der Waals surface area contributed by atoms with E-state index < -0.39 is 0 Å². The predicted octanol–water partition coefficient (Wildman–Crippen LogP) is 4.34. The van der Waals surface area contributed by atoms with Crippen LogP contribution in [0.4, 0.5) is 4.79 Å². The zero-order valence-electron chi connectivity index (χ0n) is 17.0. The van der Waals surface area contributed by atoms with Gasteiger partial charge in [-0.05, 0) is 63.2 Å². The van der Waals surface area contributed by atoms with Crippen LogP contribution in [0.25, 0.3) is 0 Å². The van der Waals surface area contributed by atoms with E-state index in [1.54, 1.807) is 7.11 Å². The Kier molecular flexibility index (Phi) is 7.34. The molecule has 2 heterocycles. The number of aryl methyl sites for hydroxylation is 1. The lowest BCUT2D eigenvalue weighted by Crippen LogP contribution is -2.42. The molecule has 2 aromatic rings. The van der Waals surface area contributed by atoms with Gasteiger partial charge < -0.3 is 15.4 Å². The number of hydrogen-bond acceptors (Lipinski definition) is 4. The Balaban J connectivity index is 1.40. The zero-order chi connectivity index (χ0) is 19.9. The van der Waals surface area contributed by atoms with E-state index >= 15 is 0 Å². The molecule has 3 rings (SSSR count). The summed E-state index contributed by atoms with van der Waals surface area (Å²) in [5, 5.41) is 8.23. The van der Waals surface area contributed by atoms with E-state index in [4.69, 9.17) is 4.74 Å². The highest BCUT2D eigenvalue weighted by Crippen LogP contribution is 2.26. The van der Waals surface area contributed by atoms with Gasteiger partial charge in [-0.25, -0.2) is 4.79 Å². The smallest absolute Gasteiger partial charge is 0.315 e. The van der Waals surface area contributed by atoms with Gasteiger partial charge in [-0.2, -0.15) is 0 Å². The molecule has 5 nitrogen and oxygen atoms in total. The molecular weight excluding hydrogens is 370 g/mol. The fourth-order valence-electron chi connectivity index (χ4n) is 3.73. The van der Waals surface area contributed by atoms with Gasteiger partial charge in [0.2, 0.25) is 0 Å². The summed E-state index contributed by atoms with van der Waals surface area (Å²) in [5.74, 6) is 1.35. The van der Waals surface area contributed by atoms with Crippen molar-refractivity contribution in [1.29, 1.82) is 0 Å². The first-order valence-corrected chi connectivity index (χ1v) is 10.9. The number of likely N-dealkylation sites (tertiary alicyclic amines) is 1. The van der Waals surface area contributed by atoms with Crippen molar-refractivity contribution >= 4 is 17.4 Å². The molecule has 0 aliphatic carbocycles. The second-order valence-corrected chi connectivity index (χ2v) is 8.65. The lowest BCUT2D eigenvalue weighted by Gasteiger charge is -2.31. The maximum atomic E-state index is 12.4. The number of thiophene rings is 1. The quantitative estimate of drug-likeness (QED) is 0.726. The first-order valence-electron chi connectivity index (χ1n) is 9.98. The topological polar surface area (TPSA) is 53.6 Å². The van der Waals surface area contributed by atoms with E-state index in [0.29, 0.717) is 5.92 Å². The second-order valence-electron chi connectivity index (χ2n) is 7.62. The summed E-state index contributed by atoms with van der Waals surface area (Å²) in [6.45, 7) is 8.01. The van der Waals surface area contributed by atoms with Crippen molar-refractivity contribution in [3.05, 3.63) is 51.7 Å². The van der Waals surface area contributed by atoms with Crippen LogP contribution in [0.15, 0.2) is 35.7 Å². The molecule has 6 heteroatoms. The molecule has 0 saturated carbocycles. The van der Waals surface area contributed by atoms with Crippen molar-refractivity contribution in [1.82, 2.24) is 15.5 Å². The molecule has 0 radical (unpaired) electrons. The number of piperidine rings is 1. The highest BCUT2D eigenvalue weighted by atomic mass is 32.1. The van der Waals surface area contributed by atoms with Crippen LogP contribution in [-0.4, -0.2) is 37.7 Å². The number of urea groups is 1. The van der Waals surface area contributed by atoms with Crippen molar-refractivity contribution in [2.45, 2.75) is 39.3 Å². The maximum Gasteiger partial charge on any atom is 0.315 e. The van der Waals surface area contributed by atoms with Gasteiger partial charge in [0.05, 0.1) is 13.2 Å². The molecule has 1 aliphatic rings. The summed E-state index contributed by atoms with van der Waals surface area (Å²) >= 11 is 1.82. The lowest BCUT2D eigenvalue weighted by molar-refractivity contribution is 0.176. The largest absolute Gasteiger partial charge is 0.496 e. The van der Waals surface area contributed by atoms with E-state index in [1.807, 2.05) is 37.3 Å². The number of hydrogen-bond donors (Lipinski definition) is 2. The van der Waals surface area contributed by atoms with Crippen LogP contribution in [-0.2, 0) is 6.54 Å². The first kappa shape index (κ1) is 20.7. The molecule has 1 unspecified atom stereocenters. The van der Waals surface area contributed by atoms with Crippen LogP contribution in [0.1, 0.15) is 41.8 Å². The highest BCUT2D eigenvalue weighted by molar-refractivity contribution is 7.09. The van der Waals surface area contributed by atoms with Crippen molar-refractivity contribution < 1.29 is 9.53 Å². The molecule has 1 atom stereocenters. The zero-order valence-corrected chi connectivity index (χ0v) is 17.8. The third-order valence-electron chi connectivity index (χ3n) is 5.42. The molecule has 2 N–H and O–H groups in total. The van der Waals surface area contributed by atoms with Crippen molar-refractivity contribution in [3.8, 4) is 5.75 Å². The number of methoxy groups -OCH3 is 1. The van der Waals surface area contributed by atoms with Crippen LogP contribution in [0.5, 0.6) is 5.75 Å². The van der Waals surface area contributed by atoms with Crippen LogP contribution >= 0.6 is 11.3 Å². The summed E-state index contributed by atoms with van der Waals surface area (Å²) in [4.78, 5) is 16.3. The maximum absolute atomic E-state index is 12.4. The molecule has 28 heavy (non-hydrogen) atoms. The third-order valence-corrected chi connectivity index (χ3v) is 6.28. The van der Waals surface area contributed by atoms with Gasteiger partial charge in [-0.1, -0.05) is 23.8 Å². The average molecular weight is 402 g/mol. The Hall–Kier alpha value is -2.05. The van der Waals surface area contributed by atoms with Crippen LogP contribution in [0.3, 0.4) is 0 Å². The van der Waals surface area contributed by atoms with Crippen LogP contribution in [0, 0.1) is 12.8 Å². The molecule has 0 bridgehead atoms. The Bertz CT molecular complexity index is 755. The summed E-state index contributed by atoms with van der Waals surface area (Å²) in [6, 6.07) is 10.1. The molecule has 2 amide bonds. The number of nitrogens with one attached hydrogen (secondary N) is 2. The van der Waals surface area contributed by atoms with E-state index in [2.05, 4.69) is 39.1 Å². The summed E-state index contributed by atoms with van der Waals surface area (Å²) < 4.78 is 5.43. The number of benzene rings is 1. The van der Waals surface area contributed by atoms with Crippen molar-refractivity contribution in [2.24, 2.45) is 5.92 Å². The van der Waals surface area contributed by atoms with Gasteiger partial charge in [0.1, 0.15) is 5.75 Å². The van der Waals surface area contributed by atoms with E-state index in [1.165, 1.54) is 4.88 Å². The van der Waals surface area contributed by atoms with E-state index in [-0.39, 0.29) is 12.1 Å². The second kappa shape index (κ2) is 9.94. The summed E-state index contributed by atoms with van der Waals surface area (Å²) in [6.07, 6.45) is 2.26. The van der Waals surface area contributed by atoms with Gasteiger partial charge >= 0.3 is 6.03 Å². The van der Waals surface area contributed by atoms with Gasteiger partial charge in [0, 0.05) is 23.5 Å². The fraction of sp³-hybridized carbons (Fsp3) is 0.500. The van der Waals surface area contributed by atoms with Gasteiger partial charge in [0.15, 0.2) is 0 Å². The molecule has 1 aromatic heterocycles. The first-order chi connectivity index (χ1) is 13.5. The Labute approximate surface area is 172 Å². The van der Waals surface area contributed by atoms with Gasteiger partial charge in [-0.15, -0.1) is 11.3 Å². The molecule has 1 aliphatic heterocycles. The minimum atomic E-state index is -0.114. The normalized spacial score (nSPS) is 16.5. The minimum absolute atomic E-state index is 0.109. The number of carbonyl (C=O) groups excluding carboxylic acids is 1. The van der Waals surface area contributed by atoms with Crippen molar-refractivity contribution in [2.75, 3.05) is 26.7 Å². The Morgan fingerprint density at radius 2 is 2.11 bits per heavy atom. The SMILES string of the molecule is COc1ccc(C)cc1C(C)NC(=O)NCC1CCN(Cc2cccs2)CC1. The summed E-state index contributed by atoms with van der Waals surface area (Å²) in [7, 11) is 1.66. The average Bonchev–Trinajstić information content (AvgIpc) is 3.20. The molecular formula is C22H31N3O2S. The molecule has 152 valence electrons. The van der Waals surface area contributed by atoms with E-state index in [9.17, 15) is 4.79 Å². The van der Waals surface area contributed by atoms with Crippen LogP contribution in [0.2, 0.25) is 0 Å². The third kappa shape index (κ3) is 5.72. The summed E-state index contributed by atoms with van der Waals surface area (Å²) in [5.41, 5.74) is 2.15. The Morgan fingerprint density at radius 1 is 1.32 bits per heavy atom. The molecule has 1 fully saturated rings. The standard InChI is InChI=1S/C22H31N3O2S/c1-16-6-7-21(27-3)20(13-16)17(2)24-22(26)23-14-18-8-10-25(11-9-18)15-19-5-4-12-28-19/h4-7,12-13,17-18H,8-11,14-15H2,1-3H3,(H2,23,24,26).